The molecule has 0 aromatic carbocycles. The van der Waals surface area contributed by atoms with Crippen molar-refractivity contribution in [1.29, 1.82) is 0 Å². The Labute approximate surface area is 172 Å². The Hall–Kier alpha value is -3.04. The van der Waals surface area contributed by atoms with E-state index in [1.165, 1.54) is 0 Å². The molecule has 29 heavy (non-hydrogen) atoms. The van der Waals surface area contributed by atoms with Crippen molar-refractivity contribution in [3.05, 3.63) is 48.3 Å². The van der Waals surface area contributed by atoms with Crippen molar-refractivity contribution >= 4 is 34.1 Å². The van der Waals surface area contributed by atoms with Crippen molar-refractivity contribution in [3.8, 4) is 10.6 Å². The summed E-state index contributed by atoms with van der Waals surface area (Å²) in [5.41, 5.74) is 1.96. The molecule has 150 valence electrons. The Morgan fingerprint density at radius 2 is 2.24 bits per heavy atom. The minimum absolute atomic E-state index is 0.0778. The molecule has 4 rings (SSSR count). The number of pyridine rings is 2. The molecule has 0 spiro atoms. The van der Waals surface area contributed by atoms with Gasteiger partial charge in [-0.2, -0.15) is 0 Å². The smallest absolute Gasteiger partial charge is 0.329 e. The predicted molar refractivity (Wildman–Crippen MR) is 112 cm³/mol. The van der Waals surface area contributed by atoms with Crippen LogP contribution in [0.5, 0.6) is 0 Å². The summed E-state index contributed by atoms with van der Waals surface area (Å²) >= 11 is 1.56. The van der Waals surface area contributed by atoms with E-state index in [0.29, 0.717) is 6.54 Å². The second kappa shape index (κ2) is 8.54. The topological polar surface area (TPSA) is 100 Å². The number of aromatic nitrogens is 3. The summed E-state index contributed by atoms with van der Waals surface area (Å²) < 4.78 is 5.40. The Kier molecular flexibility index (Phi) is 5.68. The van der Waals surface area contributed by atoms with Crippen molar-refractivity contribution in [2.24, 2.45) is 0 Å². The van der Waals surface area contributed by atoms with Crippen LogP contribution in [0, 0.1) is 6.92 Å². The van der Waals surface area contributed by atoms with Crippen LogP contribution in [0.4, 0.5) is 16.8 Å². The molecule has 0 aliphatic carbocycles. The molecule has 1 fully saturated rings. The Bertz CT molecular complexity index is 1010. The van der Waals surface area contributed by atoms with Crippen LogP contribution in [-0.4, -0.2) is 51.8 Å². The number of hydrogen-bond acceptors (Lipinski definition) is 8. The number of carbonyl (C=O) groups is 1. The third kappa shape index (κ3) is 4.87. The second-order valence-corrected chi connectivity index (χ2v) is 7.83. The predicted octanol–water partition coefficient (Wildman–Crippen LogP) is 3.33. The van der Waals surface area contributed by atoms with E-state index in [-0.39, 0.29) is 12.7 Å². The van der Waals surface area contributed by atoms with Gasteiger partial charge in [-0.05, 0) is 43.2 Å². The molecule has 0 saturated carbocycles. The zero-order chi connectivity index (χ0) is 20.2. The van der Waals surface area contributed by atoms with Gasteiger partial charge in [-0.15, -0.1) is 0 Å². The molecule has 8 nitrogen and oxygen atoms in total. The number of nitrogens with one attached hydrogen (secondary N) is 1. The number of rotatable bonds is 7. The van der Waals surface area contributed by atoms with Crippen molar-refractivity contribution < 1.29 is 14.6 Å². The summed E-state index contributed by atoms with van der Waals surface area (Å²) in [7, 11) is 0. The molecule has 3 aromatic rings. The van der Waals surface area contributed by atoms with E-state index in [9.17, 15) is 4.79 Å². The summed E-state index contributed by atoms with van der Waals surface area (Å²) in [5, 5.41) is 12.9. The van der Waals surface area contributed by atoms with Gasteiger partial charge in [0.2, 0.25) is 0 Å². The van der Waals surface area contributed by atoms with Gasteiger partial charge in [0.25, 0.3) is 0 Å². The molecular formula is C20H21N5O3S. The van der Waals surface area contributed by atoms with E-state index in [0.717, 1.165) is 45.9 Å². The first-order chi connectivity index (χ1) is 14.1. The van der Waals surface area contributed by atoms with Crippen molar-refractivity contribution in [1.82, 2.24) is 15.0 Å². The molecule has 1 aliphatic rings. The zero-order valence-corrected chi connectivity index (χ0v) is 16.7. The monoisotopic (exact) mass is 411 g/mol. The lowest BCUT2D eigenvalue weighted by Gasteiger charge is -2.14. The number of anilines is 3. The molecule has 9 heteroatoms. The van der Waals surface area contributed by atoms with Gasteiger partial charge in [-0.1, -0.05) is 17.4 Å². The molecule has 1 atom stereocenters. The highest BCUT2D eigenvalue weighted by molar-refractivity contribution is 7.18. The van der Waals surface area contributed by atoms with Gasteiger partial charge in [-0.25, -0.2) is 19.7 Å². The van der Waals surface area contributed by atoms with Gasteiger partial charge in [0.1, 0.15) is 18.2 Å². The minimum atomic E-state index is -0.944. The first-order valence-corrected chi connectivity index (χ1v) is 10.1. The van der Waals surface area contributed by atoms with Gasteiger partial charge < -0.3 is 20.1 Å². The second-order valence-electron chi connectivity index (χ2n) is 6.82. The Balaban J connectivity index is 1.44. The molecule has 0 unspecified atom stereocenters. The van der Waals surface area contributed by atoms with Gasteiger partial charge in [-0.3, -0.25) is 0 Å². The highest BCUT2D eigenvalue weighted by Crippen LogP contribution is 2.32. The SMILES string of the molecule is Cc1ccnc(Nc2cccc(-c3cnc(N4CC[C@@H](OCC(=O)O)C4)s3)n2)c1. The highest BCUT2D eigenvalue weighted by Gasteiger charge is 2.26. The standard InChI is InChI=1S/C20H21N5O3S/c1-13-5-7-21-18(9-13)24-17-4-2-3-15(23-17)16-10-22-20(29-16)25-8-6-14(11-25)28-12-19(26)27/h2-5,7,9-10,14H,6,8,11-12H2,1H3,(H,26,27)(H,21,23,24)/t14-/m1/s1. The number of aryl methyl sites for hydroxylation is 1. The first-order valence-electron chi connectivity index (χ1n) is 9.28. The minimum Gasteiger partial charge on any atom is -0.480 e. The Morgan fingerprint density at radius 1 is 1.34 bits per heavy atom. The van der Waals surface area contributed by atoms with Gasteiger partial charge in [0, 0.05) is 25.5 Å². The van der Waals surface area contributed by atoms with Crippen LogP contribution >= 0.6 is 11.3 Å². The molecule has 1 aliphatic heterocycles. The average molecular weight is 411 g/mol. The largest absolute Gasteiger partial charge is 0.480 e. The maximum Gasteiger partial charge on any atom is 0.329 e. The van der Waals surface area contributed by atoms with Crippen LogP contribution in [0.15, 0.2) is 42.7 Å². The molecule has 0 amide bonds. The normalized spacial score (nSPS) is 16.2. The van der Waals surface area contributed by atoms with Crippen LogP contribution in [0.25, 0.3) is 10.6 Å². The van der Waals surface area contributed by atoms with Crippen LogP contribution in [0.3, 0.4) is 0 Å². The summed E-state index contributed by atoms with van der Waals surface area (Å²) in [4.78, 5) is 27.3. The highest BCUT2D eigenvalue weighted by atomic mass is 32.1. The lowest BCUT2D eigenvalue weighted by Crippen LogP contribution is -2.24. The average Bonchev–Trinajstić information content (AvgIpc) is 3.36. The molecule has 4 heterocycles. The lowest BCUT2D eigenvalue weighted by atomic mass is 10.3. The summed E-state index contributed by atoms with van der Waals surface area (Å²) in [5.74, 6) is 0.531. The number of hydrogen-bond donors (Lipinski definition) is 2. The van der Waals surface area contributed by atoms with Gasteiger partial charge in [0.05, 0.1) is 16.7 Å². The fourth-order valence-electron chi connectivity index (χ4n) is 3.13. The van der Waals surface area contributed by atoms with Crippen molar-refractivity contribution in [3.63, 3.8) is 0 Å². The van der Waals surface area contributed by atoms with E-state index in [4.69, 9.17) is 9.84 Å². The fraction of sp³-hybridized carbons (Fsp3) is 0.300. The zero-order valence-electron chi connectivity index (χ0n) is 15.9. The maximum absolute atomic E-state index is 10.7. The number of carboxylic acid groups (broad SMARTS) is 1. The number of carboxylic acids is 1. The molecule has 0 radical (unpaired) electrons. The van der Waals surface area contributed by atoms with Crippen molar-refractivity contribution in [2.45, 2.75) is 19.4 Å². The summed E-state index contributed by atoms with van der Waals surface area (Å²) in [6.07, 6.45) is 4.30. The van der Waals surface area contributed by atoms with E-state index in [1.807, 2.05) is 43.5 Å². The molecule has 0 bridgehead atoms. The van der Waals surface area contributed by atoms with Gasteiger partial charge >= 0.3 is 5.97 Å². The summed E-state index contributed by atoms with van der Waals surface area (Å²) in [6, 6.07) is 9.72. The van der Waals surface area contributed by atoms with E-state index >= 15 is 0 Å². The van der Waals surface area contributed by atoms with E-state index in [2.05, 4.69) is 25.2 Å². The van der Waals surface area contributed by atoms with Crippen molar-refractivity contribution in [2.75, 3.05) is 29.9 Å². The van der Waals surface area contributed by atoms with Crippen LogP contribution in [-0.2, 0) is 9.53 Å². The van der Waals surface area contributed by atoms with Crippen LogP contribution in [0.2, 0.25) is 0 Å². The third-order valence-electron chi connectivity index (χ3n) is 4.52. The third-order valence-corrected chi connectivity index (χ3v) is 5.61. The van der Waals surface area contributed by atoms with Crippen LogP contribution in [0.1, 0.15) is 12.0 Å². The number of nitrogens with zero attached hydrogens (tertiary/aromatic N) is 4. The molecular weight excluding hydrogens is 390 g/mol. The Morgan fingerprint density at radius 3 is 3.07 bits per heavy atom. The summed E-state index contributed by atoms with van der Waals surface area (Å²) in [6.45, 7) is 3.20. The van der Waals surface area contributed by atoms with Crippen LogP contribution < -0.4 is 10.2 Å². The first kappa shape index (κ1) is 19.3. The number of thiazole rings is 1. The maximum atomic E-state index is 10.7. The van der Waals surface area contributed by atoms with E-state index in [1.54, 1.807) is 17.5 Å². The molecule has 2 N–H and O–H groups in total. The van der Waals surface area contributed by atoms with E-state index < -0.39 is 5.97 Å². The lowest BCUT2D eigenvalue weighted by molar-refractivity contribution is -0.143. The fourth-order valence-corrected chi connectivity index (χ4v) is 4.05. The van der Waals surface area contributed by atoms with Gasteiger partial charge in [0.15, 0.2) is 5.13 Å². The number of aliphatic carboxylic acids is 1. The molecule has 3 aromatic heterocycles. The molecule has 1 saturated heterocycles. The quantitative estimate of drug-likeness (QED) is 0.611. The number of ether oxygens (including phenoxy) is 1.